The second kappa shape index (κ2) is 5.04. The molecule has 0 radical (unpaired) electrons. The maximum absolute atomic E-state index is 12.2. The summed E-state index contributed by atoms with van der Waals surface area (Å²) < 4.78 is 0. The molecular formula is C12H21N3O2. The highest BCUT2D eigenvalue weighted by atomic mass is 16.2. The van der Waals surface area contributed by atoms with Crippen LogP contribution in [0.1, 0.15) is 32.1 Å². The largest absolute Gasteiger partial charge is 0.354 e. The molecule has 0 bridgehead atoms. The third-order valence-corrected chi connectivity index (χ3v) is 4.04. The van der Waals surface area contributed by atoms with Crippen LogP contribution in [-0.2, 0) is 9.59 Å². The minimum Gasteiger partial charge on any atom is -0.354 e. The van der Waals surface area contributed by atoms with Crippen LogP contribution in [0.25, 0.3) is 0 Å². The van der Waals surface area contributed by atoms with Crippen LogP contribution in [0, 0.1) is 5.41 Å². The van der Waals surface area contributed by atoms with Gasteiger partial charge in [0.2, 0.25) is 11.8 Å². The van der Waals surface area contributed by atoms with Crippen molar-refractivity contribution in [3.8, 4) is 0 Å². The second-order valence-corrected chi connectivity index (χ2v) is 5.22. The van der Waals surface area contributed by atoms with E-state index >= 15 is 0 Å². The van der Waals surface area contributed by atoms with Gasteiger partial charge >= 0.3 is 0 Å². The van der Waals surface area contributed by atoms with Crippen molar-refractivity contribution in [3.63, 3.8) is 0 Å². The molecule has 1 aliphatic heterocycles. The first kappa shape index (κ1) is 12.4. The molecule has 2 amide bonds. The van der Waals surface area contributed by atoms with Gasteiger partial charge in [0.1, 0.15) is 0 Å². The molecule has 3 N–H and O–H groups in total. The number of carbonyl (C=O) groups is 2. The Bertz CT molecular complexity index is 307. The van der Waals surface area contributed by atoms with Gasteiger partial charge in [0.15, 0.2) is 0 Å². The third kappa shape index (κ3) is 2.77. The van der Waals surface area contributed by atoms with Crippen molar-refractivity contribution < 1.29 is 9.59 Å². The highest BCUT2D eigenvalue weighted by molar-refractivity contribution is 5.80. The Kier molecular flexibility index (Phi) is 3.66. The first-order valence-corrected chi connectivity index (χ1v) is 6.40. The van der Waals surface area contributed by atoms with E-state index in [0.717, 1.165) is 12.8 Å². The summed E-state index contributed by atoms with van der Waals surface area (Å²) in [5, 5.41) is 2.78. The Morgan fingerprint density at radius 2 is 2.18 bits per heavy atom. The van der Waals surface area contributed by atoms with Crippen LogP contribution in [0.3, 0.4) is 0 Å². The standard InChI is InChI=1S/C12H21N3O2/c13-9-12(3-1-4-12)8-11(17)15-6-2-10(16)14-5-7-15/h1-9,13H2,(H,14,16). The highest BCUT2D eigenvalue weighted by Gasteiger charge is 2.38. The molecule has 0 spiro atoms. The molecule has 0 aromatic heterocycles. The van der Waals surface area contributed by atoms with Gasteiger partial charge in [0.05, 0.1) is 0 Å². The van der Waals surface area contributed by atoms with Gasteiger partial charge in [0, 0.05) is 32.5 Å². The fourth-order valence-corrected chi connectivity index (χ4v) is 2.58. The predicted molar refractivity (Wildman–Crippen MR) is 64.2 cm³/mol. The van der Waals surface area contributed by atoms with Gasteiger partial charge in [-0.3, -0.25) is 9.59 Å². The summed E-state index contributed by atoms with van der Waals surface area (Å²) >= 11 is 0. The number of carbonyl (C=O) groups excluding carboxylic acids is 2. The Morgan fingerprint density at radius 1 is 1.41 bits per heavy atom. The molecule has 96 valence electrons. The zero-order valence-electron chi connectivity index (χ0n) is 10.2. The predicted octanol–water partition coefficient (Wildman–Crippen LogP) is -0.146. The van der Waals surface area contributed by atoms with Gasteiger partial charge in [-0.25, -0.2) is 0 Å². The first-order chi connectivity index (χ1) is 8.15. The van der Waals surface area contributed by atoms with Crippen LogP contribution in [0.5, 0.6) is 0 Å². The Labute approximate surface area is 102 Å². The number of nitrogens with one attached hydrogen (secondary N) is 1. The van der Waals surface area contributed by atoms with Crippen LogP contribution in [0.15, 0.2) is 0 Å². The fraction of sp³-hybridized carbons (Fsp3) is 0.833. The van der Waals surface area contributed by atoms with Crippen LogP contribution in [0.2, 0.25) is 0 Å². The molecule has 17 heavy (non-hydrogen) atoms. The van der Waals surface area contributed by atoms with Gasteiger partial charge in [-0.05, 0) is 24.8 Å². The quantitative estimate of drug-likeness (QED) is 0.719. The topological polar surface area (TPSA) is 75.4 Å². The maximum atomic E-state index is 12.2. The highest BCUT2D eigenvalue weighted by Crippen LogP contribution is 2.43. The first-order valence-electron chi connectivity index (χ1n) is 6.40. The normalized spacial score (nSPS) is 23.6. The monoisotopic (exact) mass is 239 g/mol. The van der Waals surface area contributed by atoms with E-state index in [9.17, 15) is 9.59 Å². The lowest BCUT2D eigenvalue weighted by molar-refractivity contribution is -0.135. The van der Waals surface area contributed by atoms with Crippen LogP contribution >= 0.6 is 0 Å². The molecule has 2 rings (SSSR count). The zero-order chi connectivity index (χ0) is 12.3. The maximum Gasteiger partial charge on any atom is 0.223 e. The molecule has 2 fully saturated rings. The number of hydrogen-bond donors (Lipinski definition) is 2. The van der Waals surface area contributed by atoms with E-state index in [1.54, 1.807) is 4.90 Å². The van der Waals surface area contributed by atoms with Gasteiger partial charge in [-0.1, -0.05) is 6.42 Å². The Hall–Kier alpha value is -1.10. The van der Waals surface area contributed by atoms with Crippen molar-refractivity contribution in [1.82, 2.24) is 10.2 Å². The second-order valence-electron chi connectivity index (χ2n) is 5.22. The average Bonchev–Trinajstić information content (AvgIpc) is 2.48. The van der Waals surface area contributed by atoms with E-state index in [0.29, 0.717) is 39.0 Å². The molecule has 1 saturated carbocycles. The van der Waals surface area contributed by atoms with Crippen LogP contribution in [-0.4, -0.2) is 42.9 Å². The van der Waals surface area contributed by atoms with Crippen LogP contribution in [0.4, 0.5) is 0 Å². The number of rotatable bonds is 3. The molecular weight excluding hydrogens is 218 g/mol. The van der Waals surface area contributed by atoms with Crippen molar-refractivity contribution >= 4 is 11.8 Å². The smallest absolute Gasteiger partial charge is 0.223 e. The molecule has 0 aromatic rings. The minimum atomic E-state index is 0.0393. The molecule has 0 aromatic carbocycles. The number of nitrogens with zero attached hydrogens (tertiary/aromatic N) is 1. The summed E-state index contributed by atoms with van der Waals surface area (Å²) in [7, 11) is 0. The van der Waals surface area contributed by atoms with Gasteiger partial charge in [0.25, 0.3) is 0 Å². The van der Waals surface area contributed by atoms with Gasteiger partial charge in [-0.2, -0.15) is 0 Å². The Balaban J connectivity index is 1.88. The van der Waals surface area contributed by atoms with E-state index in [1.165, 1.54) is 6.42 Å². The lowest BCUT2D eigenvalue weighted by atomic mass is 9.66. The van der Waals surface area contributed by atoms with E-state index in [1.807, 2.05) is 0 Å². The van der Waals surface area contributed by atoms with Crippen LogP contribution < -0.4 is 11.1 Å². The number of nitrogens with two attached hydrogens (primary N) is 1. The molecule has 1 heterocycles. The Morgan fingerprint density at radius 3 is 2.76 bits per heavy atom. The van der Waals surface area contributed by atoms with Crippen molar-refractivity contribution in [3.05, 3.63) is 0 Å². The van der Waals surface area contributed by atoms with E-state index in [2.05, 4.69) is 5.32 Å². The summed E-state index contributed by atoms with van der Waals surface area (Å²) in [6.45, 7) is 2.35. The summed E-state index contributed by atoms with van der Waals surface area (Å²) in [4.78, 5) is 25.1. The molecule has 5 nitrogen and oxygen atoms in total. The van der Waals surface area contributed by atoms with Crippen molar-refractivity contribution in [2.24, 2.45) is 11.1 Å². The van der Waals surface area contributed by atoms with Crippen molar-refractivity contribution in [1.29, 1.82) is 0 Å². The zero-order valence-corrected chi connectivity index (χ0v) is 10.2. The third-order valence-electron chi connectivity index (χ3n) is 4.04. The van der Waals surface area contributed by atoms with Crippen molar-refractivity contribution in [2.45, 2.75) is 32.1 Å². The molecule has 0 unspecified atom stereocenters. The SMILES string of the molecule is NCC1(CC(=O)N2CCNC(=O)CC2)CCC1. The summed E-state index contributed by atoms with van der Waals surface area (Å²) in [6, 6.07) is 0. The van der Waals surface area contributed by atoms with Gasteiger partial charge < -0.3 is 16.0 Å². The minimum absolute atomic E-state index is 0.0393. The molecule has 5 heteroatoms. The van der Waals surface area contributed by atoms with E-state index in [4.69, 9.17) is 5.73 Å². The fourth-order valence-electron chi connectivity index (χ4n) is 2.58. The molecule has 1 aliphatic carbocycles. The summed E-state index contributed by atoms with van der Waals surface area (Å²) in [5.41, 5.74) is 5.82. The van der Waals surface area contributed by atoms with E-state index in [-0.39, 0.29) is 17.2 Å². The van der Waals surface area contributed by atoms with E-state index < -0.39 is 0 Å². The lowest BCUT2D eigenvalue weighted by Crippen LogP contribution is -2.44. The molecule has 2 aliphatic rings. The van der Waals surface area contributed by atoms with Crippen molar-refractivity contribution in [2.75, 3.05) is 26.2 Å². The number of amides is 2. The van der Waals surface area contributed by atoms with Gasteiger partial charge in [-0.15, -0.1) is 0 Å². The average molecular weight is 239 g/mol. The summed E-state index contributed by atoms with van der Waals surface area (Å²) in [6.07, 6.45) is 4.30. The lowest BCUT2D eigenvalue weighted by Gasteiger charge is -2.41. The summed E-state index contributed by atoms with van der Waals surface area (Å²) in [5.74, 6) is 0.198. The molecule has 0 atom stereocenters. The number of hydrogen-bond acceptors (Lipinski definition) is 3. The molecule has 1 saturated heterocycles.